The summed E-state index contributed by atoms with van der Waals surface area (Å²) in [6.45, 7) is 8.29. The van der Waals surface area contributed by atoms with Crippen molar-refractivity contribution in [1.82, 2.24) is 9.29 Å². The van der Waals surface area contributed by atoms with Crippen LogP contribution in [0.1, 0.15) is 37.6 Å². The first-order valence-electron chi connectivity index (χ1n) is 10.8. The van der Waals surface area contributed by atoms with Crippen molar-refractivity contribution < 1.29 is 12.8 Å². The third-order valence-corrected chi connectivity index (χ3v) is 8.93. The molecule has 1 aromatic heterocycles. The third-order valence-electron chi connectivity index (χ3n) is 5.78. The summed E-state index contributed by atoms with van der Waals surface area (Å²) in [5.41, 5.74) is 2.86. The molecule has 33 heavy (non-hydrogen) atoms. The van der Waals surface area contributed by atoms with Crippen molar-refractivity contribution in [1.29, 1.82) is 0 Å². The second kappa shape index (κ2) is 9.33. The molecule has 0 spiro atoms. The lowest BCUT2D eigenvalue weighted by molar-refractivity contribution is 0.384. The van der Waals surface area contributed by atoms with E-state index < -0.39 is 15.8 Å². The van der Waals surface area contributed by atoms with Crippen LogP contribution in [0.3, 0.4) is 0 Å². The molecular weight excluding hydrogens is 481 g/mol. The maximum Gasteiger partial charge on any atom is 0.243 e. The minimum Gasteiger partial charge on any atom is -0.345 e. The SMILES string of the molecule is CC(C)(C)c1ccc(S(=O)(=O)N2CCN(c3nc(Cc4ccc(F)c(Cl)c4)cs3)CC2)cc1. The summed E-state index contributed by atoms with van der Waals surface area (Å²) in [5.74, 6) is -0.433. The topological polar surface area (TPSA) is 53.5 Å². The average molecular weight is 508 g/mol. The van der Waals surface area contributed by atoms with Crippen LogP contribution >= 0.6 is 22.9 Å². The van der Waals surface area contributed by atoms with Crippen molar-refractivity contribution in [2.45, 2.75) is 37.5 Å². The molecule has 1 fully saturated rings. The van der Waals surface area contributed by atoms with Crippen LogP contribution in [0.4, 0.5) is 9.52 Å². The van der Waals surface area contributed by atoms with E-state index in [0.29, 0.717) is 37.5 Å². The number of rotatable bonds is 5. The molecule has 0 atom stereocenters. The lowest BCUT2D eigenvalue weighted by atomic mass is 9.87. The fourth-order valence-electron chi connectivity index (χ4n) is 3.78. The number of anilines is 1. The Morgan fingerprint density at radius 3 is 2.33 bits per heavy atom. The zero-order valence-corrected chi connectivity index (χ0v) is 21.3. The van der Waals surface area contributed by atoms with Gasteiger partial charge in [0.05, 0.1) is 15.6 Å². The highest BCUT2D eigenvalue weighted by atomic mass is 35.5. The Balaban J connectivity index is 1.39. The zero-order chi connectivity index (χ0) is 23.8. The fourth-order valence-corrected chi connectivity index (χ4v) is 6.28. The number of hydrogen-bond acceptors (Lipinski definition) is 5. The second-order valence-corrected chi connectivity index (χ2v) is 12.4. The van der Waals surface area contributed by atoms with Gasteiger partial charge in [-0.1, -0.05) is 50.6 Å². The monoisotopic (exact) mass is 507 g/mol. The molecule has 0 radical (unpaired) electrons. The highest BCUT2D eigenvalue weighted by Gasteiger charge is 2.29. The lowest BCUT2D eigenvalue weighted by Crippen LogP contribution is -2.48. The minimum atomic E-state index is -3.53. The molecule has 9 heteroatoms. The zero-order valence-electron chi connectivity index (χ0n) is 18.9. The third kappa shape index (κ3) is 5.40. The molecule has 0 unspecified atom stereocenters. The van der Waals surface area contributed by atoms with Crippen molar-refractivity contribution in [2.75, 3.05) is 31.1 Å². The summed E-state index contributed by atoms with van der Waals surface area (Å²) in [7, 11) is -3.53. The molecule has 0 aliphatic carbocycles. The van der Waals surface area contributed by atoms with Gasteiger partial charge in [0.1, 0.15) is 5.82 Å². The second-order valence-electron chi connectivity index (χ2n) is 9.21. The van der Waals surface area contributed by atoms with Gasteiger partial charge in [-0.25, -0.2) is 17.8 Å². The van der Waals surface area contributed by atoms with E-state index in [1.165, 1.54) is 17.4 Å². The van der Waals surface area contributed by atoms with Crippen LogP contribution in [0, 0.1) is 5.82 Å². The van der Waals surface area contributed by atoms with E-state index in [9.17, 15) is 12.8 Å². The standard InChI is InChI=1S/C24H27ClFN3O2S2/c1-24(2,3)18-5-7-20(8-6-18)33(30,31)29-12-10-28(11-13-29)23-27-19(16-32-23)14-17-4-9-22(26)21(25)15-17/h4-9,15-16H,10-14H2,1-3H3. The van der Waals surface area contributed by atoms with E-state index in [0.717, 1.165) is 22.0 Å². The number of aromatic nitrogens is 1. The van der Waals surface area contributed by atoms with E-state index >= 15 is 0 Å². The number of sulfonamides is 1. The quantitative estimate of drug-likeness (QED) is 0.468. The summed E-state index contributed by atoms with van der Waals surface area (Å²) in [6.07, 6.45) is 0.565. The first kappa shape index (κ1) is 24.1. The Bertz CT molecular complexity index is 1230. The average Bonchev–Trinajstić information content (AvgIpc) is 3.24. The van der Waals surface area contributed by atoms with Crippen molar-refractivity contribution in [3.8, 4) is 0 Å². The van der Waals surface area contributed by atoms with Crippen LogP contribution in [-0.2, 0) is 21.9 Å². The van der Waals surface area contributed by atoms with E-state index in [-0.39, 0.29) is 10.4 Å². The van der Waals surface area contributed by atoms with Gasteiger partial charge in [-0.2, -0.15) is 4.31 Å². The molecule has 1 aliphatic rings. The molecule has 176 valence electrons. The van der Waals surface area contributed by atoms with Gasteiger partial charge in [-0.3, -0.25) is 0 Å². The summed E-state index contributed by atoms with van der Waals surface area (Å²) in [4.78, 5) is 7.14. The molecule has 0 amide bonds. The minimum absolute atomic E-state index is 0.0244. The van der Waals surface area contributed by atoms with E-state index in [1.807, 2.05) is 17.5 Å². The van der Waals surface area contributed by atoms with Gasteiger partial charge in [0.25, 0.3) is 0 Å². The van der Waals surface area contributed by atoms with Crippen molar-refractivity contribution in [2.24, 2.45) is 0 Å². The molecule has 2 aromatic carbocycles. The molecule has 5 nitrogen and oxygen atoms in total. The van der Waals surface area contributed by atoms with Gasteiger partial charge in [-0.15, -0.1) is 11.3 Å². The smallest absolute Gasteiger partial charge is 0.243 e. The normalized spacial score (nSPS) is 15.7. The first-order chi connectivity index (χ1) is 15.5. The highest BCUT2D eigenvalue weighted by molar-refractivity contribution is 7.89. The molecule has 1 saturated heterocycles. The van der Waals surface area contributed by atoms with Crippen LogP contribution in [0.5, 0.6) is 0 Å². The molecule has 0 N–H and O–H groups in total. The molecule has 0 bridgehead atoms. The Labute approximate surface area is 203 Å². The van der Waals surface area contributed by atoms with E-state index in [2.05, 4.69) is 25.7 Å². The molecule has 2 heterocycles. The van der Waals surface area contributed by atoms with Crippen molar-refractivity contribution in [3.05, 3.63) is 75.5 Å². The lowest BCUT2D eigenvalue weighted by Gasteiger charge is -2.33. The molecule has 3 aromatic rings. The number of nitrogens with zero attached hydrogens (tertiary/aromatic N) is 3. The van der Waals surface area contributed by atoms with E-state index in [1.54, 1.807) is 28.6 Å². The summed E-state index contributed by atoms with van der Waals surface area (Å²) >= 11 is 7.41. The maximum absolute atomic E-state index is 13.4. The van der Waals surface area contributed by atoms with Gasteiger partial charge in [0, 0.05) is 38.0 Å². The first-order valence-corrected chi connectivity index (χ1v) is 13.5. The highest BCUT2D eigenvalue weighted by Crippen LogP contribution is 2.28. The van der Waals surface area contributed by atoms with Crippen LogP contribution in [0.25, 0.3) is 0 Å². The number of hydrogen-bond donors (Lipinski definition) is 0. The van der Waals surface area contributed by atoms with Crippen LogP contribution in [0.15, 0.2) is 52.7 Å². The van der Waals surface area contributed by atoms with E-state index in [4.69, 9.17) is 16.6 Å². The van der Waals surface area contributed by atoms with Gasteiger partial charge < -0.3 is 4.90 Å². The fraction of sp³-hybridized carbons (Fsp3) is 0.375. The number of benzene rings is 2. The summed E-state index contributed by atoms with van der Waals surface area (Å²) in [5, 5.41) is 2.95. The largest absolute Gasteiger partial charge is 0.345 e. The molecule has 1 aliphatic heterocycles. The number of thiazole rings is 1. The summed E-state index contributed by atoms with van der Waals surface area (Å²) in [6, 6.07) is 11.9. The predicted molar refractivity (Wildman–Crippen MR) is 132 cm³/mol. The van der Waals surface area contributed by atoms with Gasteiger partial charge in [-0.05, 0) is 40.8 Å². The van der Waals surface area contributed by atoms with Gasteiger partial charge in [0.15, 0.2) is 5.13 Å². The Hall–Kier alpha value is -2.00. The van der Waals surface area contributed by atoms with Crippen LogP contribution < -0.4 is 4.90 Å². The maximum atomic E-state index is 13.4. The van der Waals surface area contributed by atoms with Crippen LogP contribution in [-0.4, -0.2) is 43.9 Å². The Morgan fingerprint density at radius 2 is 1.73 bits per heavy atom. The van der Waals surface area contributed by atoms with Crippen molar-refractivity contribution in [3.63, 3.8) is 0 Å². The van der Waals surface area contributed by atoms with Crippen LogP contribution in [0.2, 0.25) is 5.02 Å². The van der Waals surface area contributed by atoms with Gasteiger partial charge >= 0.3 is 0 Å². The summed E-state index contributed by atoms with van der Waals surface area (Å²) < 4.78 is 41.1. The number of piperazine rings is 1. The van der Waals surface area contributed by atoms with Crippen molar-refractivity contribution >= 4 is 38.1 Å². The number of halogens is 2. The predicted octanol–water partition coefficient (Wildman–Crippen LogP) is 5.33. The van der Waals surface area contributed by atoms with Gasteiger partial charge in [0.2, 0.25) is 10.0 Å². The Morgan fingerprint density at radius 1 is 1.06 bits per heavy atom. The molecular formula is C24H27ClFN3O2S2. The molecule has 4 rings (SSSR count). The molecule has 0 saturated carbocycles. The Kier molecular flexibility index (Phi) is 6.82.